The van der Waals surface area contributed by atoms with Crippen molar-refractivity contribution in [3.63, 3.8) is 0 Å². The molecule has 0 atom stereocenters. The van der Waals surface area contributed by atoms with E-state index in [2.05, 4.69) is 38.7 Å². The highest BCUT2D eigenvalue weighted by Crippen LogP contribution is 2.25. The van der Waals surface area contributed by atoms with Crippen molar-refractivity contribution in [2.75, 3.05) is 26.7 Å². The first kappa shape index (κ1) is 18.2. The number of aliphatic imine (C=N–C) groups is 1. The maximum atomic E-state index is 4.38. The molecule has 2 fully saturated rings. The van der Waals surface area contributed by atoms with Crippen molar-refractivity contribution in [3.05, 3.63) is 18.0 Å². The van der Waals surface area contributed by atoms with E-state index in [1.54, 1.807) is 0 Å². The van der Waals surface area contributed by atoms with Crippen LogP contribution in [0.2, 0.25) is 0 Å². The molecule has 0 spiro atoms. The monoisotopic (exact) mass is 346 g/mol. The van der Waals surface area contributed by atoms with Gasteiger partial charge >= 0.3 is 0 Å². The largest absolute Gasteiger partial charge is 0.355 e. The van der Waals surface area contributed by atoms with Crippen LogP contribution in [0.25, 0.3) is 0 Å². The Morgan fingerprint density at radius 2 is 1.96 bits per heavy atom. The number of aromatic nitrogens is 2. The Hall–Kier alpha value is -1.56. The standard InChI is InChI=1S/C19H34N6/c1-16-14-22-25(15-16)13-10-21-19(20-2)23-17-8-11-24(12-9-17)18-6-4-3-5-7-18/h14-15,17-18H,3-13H2,1-2H3,(H2,20,21,23). The first-order chi connectivity index (χ1) is 12.2. The van der Waals surface area contributed by atoms with Crippen molar-refractivity contribution in [1.29, 1.82) is 0 Å². The van der Waals surface area contributed by atoms with Crippen LogP contribution in [0, 0.1) is 6.92 Å². The predicted octanol–water partition coefficient (Wildman–Crippen LogP) is 2.15. The van der Waals surface area contributed by atoms with Crippen LogP contribution in [0.15, 0.2) is 17.4 Å². The smallest absolute Gasteiger partial charge is 0.191 e. The summed E-state index contributed by atoms with van der Waals surface area (Å²) in [6, 6.07) is 1.39. The molecular formula is C19H34N6. The molecule has 0 aromatic carbocycles. The van der Waals surface area contributed by atoms with Gasteiger partial charge in [-0.25, -0.2) is 0 Å². The number of hydrogen-bond donors (Lipinski definition) is 2. The van der Waals surface area contributed by atoms with E-state index in [-0.39, 0.29) is 0 Å². The van der Waals surface area contributed by atoms with Crippen LogP contribution in [0.1, 0.15) is 50.5 Å². The van der Waals surface area contributed by atoms with Crippen molar-refractivity contribution in [2.24, 2.45) is 4.99 Å². The molecule has 1 aliphatic carbocycles. The highest BCUT2D eigenvalue weighted by Gasteiger charge is 2.26. The third-order valence-corrected chi connectivity index (χ3v) is 5.58. The Kier molecular flexibility index (Phi) is 6.73. The lowest BCUT2D eigenvalue weighted by molar-refractivity contribution is 0.119. The second-order valence-corrected chi connectivity index (χ2v) is 7.53. The Labute approximate surface area is 152 Å². The number of likely N-dealkylation sites (tertiary alicyclic amines) is 1. The fourth-order valence-electron chi connectivity index (χ4n) is 4.12. The molecule has 1 aromatic rings. The minimum atomic E-state index is 0.540. The molecule has 1 aromatic heterocycles. The molecule has 2 aliphatic rings. The highest BCUT2D eigenvalue weighted by molar-refractivity contribution is 5.79. The summed E-state index contributed by atoms with van der Waals surface area (Å²) in [6.07, 6.45) is 13.5. The number of rotatable bonds is 5. The maximum Gasteiger partial charge on any atom is 0.191 e. The van der Waals surface area contributed by atoms with Crippen LogP contribution >= 0.6 is 0 Å². The molecule has 6 heteroatoms. The molecule has 0 bridgehead atoms. The summed E-state index contributed by atoms with van der Waals surface area (Å²) in [7, 11) is 1.85. The quantitative estimate of drug-likeness (QED) is 0.634. The third-order valence-electron chi connectivity index (χ3n) is 5.58. The van der Waals surface area contributed by atoms with Crippen LogP contribution in [-0.2, 0) is 6.54 Å². The van der Waals surface area contributed by atoms with E-state index in [0.717, 1.165) is 25.1 Å². The number of nitrogens with zero attached hydrogens (tertiary/aromatic N) is 4. The molecule has 6 nitrogen and oxygen atoms in total. The molecule has 0 unspecified atom stereocenters. The molecule has 25 heavy (non-hydrogen) atoms. The lowest BCUT2D eigenvalue weighted by Crippen LogP contribution is -2.51. The van der Waals surface area contributed by atoms with Crippen LogP contribution < -0.4 is 10.6 Å². The number of guanidine groups is 1. The fourth-order valence-corrected chi connectivity index (χ4v) is 4.12. The average molecular weight is 347 g/mol. The zero-order valence-corrected chi connectivity index (χ0v) is 15.9. The Morgan fingerprint density at radius 3 is 2.60 bits per heavy atom. The summed E-state index contributed by atoms with van der Waals surface area (Å²) in [6.45, 7) is 6.21. The Balaban J connectivity index is 1.36. The maximum absolute atomic E-state index is 4.38. The van der Waals surface area contributed by atoms with Crippen LogP contribution in [0.3, 0.4) is 0 Å². The van der Waals surface area contributed by atoms with Crippen molar-refractivity contribution >= 4 is 5.96 Å². The van der Waals surface area contributed by atoms with Gasteiger partial charge in [0.1, 0.15) is 0 Å². The summed E-state index contributed by atoms with van der Waals surface area (Å²) in [5, 5.41) is 11.3. The molecule has 1 aliphatic heterocycles. The molecule has 2 N–H and O–H groups in total. The van der Waals surface area contributed by atoms with Gasteiger partial charge in [0.05, 0.1) is 12.7 Å². The SMILES string of the molecule is CN=C(NCCn1cc(C)cn1)NC1CCN(C2CCCCC2)CC1. The first-order valence-electron chi connectivity index (χ1n) is 9.95. The topological polar surface area (TPSA) is 57.5 Å². The van der Waals surface area contributed by atoms with Crippen molar-refractivity contribution in [3.8, 4) is 0 Å². The number of aryl methyl sites for hydroxylation is 1. The van der Waals surface area contributed by atoms with Crippen LogP contribution in [-0.4, -0.2) is 59.4 Å². The highest BCUT2D eigenvalue weighted by atomic mass is 15.3. The van der Waals surface area contributed by atoms with Crippen molar-refractivity contribution < 1.29 is 0 Å². The van der Waals surface area contributed by atoms with Gasteiger partial charge in [0.2, 0.25) is 0 Å². The zero-order chi connectivity index (χ0) is 17.5. The van der Waals surface area contributed by atoms with Gasteiger partial charge in [-0.1, -0.05) is 19.3 Å². The minimum absolute atomic E-state index is 0.540. The normalized spacial score (nSPS) is 21.4. The summed E-state index contributed by atoms with van der Waals surface area (Å²) < 4.78 is 1.97. The van der Waals surface area contributed by atoms with Gasteiger partial charge in [-0.3, -0.25) is 9.67 Å². The molecule has 1 saturated carbocycles. The Morgan fingerprint density at radius 1 is 1.20 bits per heavy atom. The van der Waals surface area contributed by atoms with Gasteiger partial charge < -0.3 is 15.5 Å². The van der Waals surface area contributed by atoms with E-state index >= 15 is 0 Å². The van der Waals surface area contributed by atoms with Crippen molar-refractivity contribution in [1.82, 2.24) is 25.3 Å². The molecule has 3 rings (SSSR count). The second-order valence-electron chi connectivity index (χ2n) is 7.53. The molecule has 0 radical (unpaired) electrons. The van der Waals surface area contributed by atoms with Gasteiger partial charge in [-0.15, -0.1) is 0 Å². The second kappa shape index (κ2) is 9.22. The minimum Gasteiger partial charge on any atom is -0.355 e. The molecule has 1 saturated heterocycles. The molecule has 2 heterocycles. The van der Waals surface area contributed by atoms with Crippen molar-refractivity contribution in [2.45, 2.75) is 70.5 Å². The van der Waals surface area contributed by atoms with Crippen LogP contribution in [0.5, 0.6) is 0 Å². The van der Waals surface area contributed by atoms with Gasteiger partial charge in [-0.2, -0.15) is 5.10 Å². The third kappa shape index (κ3) is 5.46. The fraction of sp³-hybridized carbons (Fsp3) is 0.789. The molecular weight excluding hydrogens is 312 g/mol. The van der Waals surface area contributed by atoms with E-state index in [9.17, 15) is 0 Å². The predicted molar refractivity (Wildman–Crippen MR) is 103 cm³/mol. The zero-order valence-electron chi connectivity index (χ0n) is 15.9. The van der Waals surface area contributed by atoms with Gasteiger partial charge in [0.25, 0.3) is 0 Å². The van der Waals surface area contributed by atoms with E-state index in [1.165, 1.54) is 63.6 Å². The number of nitrogens with one attached hydrogen (secondary N) is 2. The lowest BCUT2D eigenvalue weighted by atomic mass is 9.92. The average Bonchev–Trinajstić information content (AvgIpc) is 3.07. The molecule has 0 amide bonds. The van der Waals surface area contributed by atoms with Gasteiger partial charge in [-0.05, 0) is 38.2 Å². The summed E-state index contributed by atoms with van der Waals surface area (Å²) in [5.41, 5.74) is 1.20. The van der Waals surface area contributed by atoms with Gasteiger partial charge in [0.15, 0.2) is 5.96 Å². The van der Waals surface area contributed by atoms with Crippen LogP contribution in [0.4, 0.5) is 0 Å². The first-order valence-corrected chi connectivity index (χ1v) is 9.95. The van der Waals surface area contributed by atoms with Gasteiger partial charge in [0, 0.05) is 45.0 Å². The lowest BCUT2D eigenvalue weighted by Gasteiger charge is -2.39. The van der Waals surface area contributed by atoms with E-state index in [4.69, 9.17) is 0 Å². The Bertz CT molecular complexity index is 538. The number of piperidine rings is 1. The number of hydrogen-bond acceptors (Lipinski definition) is 3. The molecule has 140 valence electrons. The van der Waals surface area contributed by atoms with E-state index < -0.39 is 0 Å². The summed E-state index contributed by atoms with van der Waals surface area (Å²) in [5.74, 6) is 0.917. The van der Waals surface area contributed by atoms with E-state index in [1.807, 2.05) is 17.9 Å². The van der Waals surface area contributed by atoms with E-state index in [0.29, 0.717) is 6.04 Å². The summed E-state index contributed by atoms with van der Waals surface area (Å²) in [4.78, 5) is 7.11. The summed E-state index contributed by atoms with van der Waals surface area (Å²) >= 11 is 0.